The molecule has 2 aromatic carbocycles. The number of H-pyrrole nitrogens is 1. The number of nitrogens with one attached hydrogen (secondary N) is 1. The van der Waals surface area contributed by atoms with Crippen LogP contribution in [0.4, 0.5) is 18.9 Å². The van der Waals surface area contributed by atoms with E-state index in [1.807, 2.05) is 29.2 Å². The first-order chi connectivity index (χ1) is 13.0. The number of piperidine rings is 1. The highest BCUT2D eigenvalue weighted by atomic mass is 19.4. The Kier molecular flexibility index (Phi) is 4.27. The highest BCUT2D eigenvalue weighted by Crippen LogP contribution is 2.36. The SMILES string of the molecule is N#Cc1ccc(N2CCC(c3nc4ccccc4[nH]3)CC2)cc1C(F)(F)F. The van der Waals surface area contributed by atoms with Crippen LogP contribution in [-0.2, 0) is 6.18 Å². The molecule has 138 valence electrons. The second-order valence-electron chi connectivity index (χ2n) is 6.74. The van der Waals surface area contributed by atoms with E-state index in [9.17, 15) is 13.2 Å². The number of rotatable bonds is 2. The number of aromatic amines is 1. The Labute approximate surface area is 154 Å². The molecule has 0 aliphatic carbocycles. The molecule has 27 heavy (non-hydrogen) atoms. The lowest BCUT2D eigenvalue weighted by atomic mass is 9.95. The molecule has 4 nitrogen and oxygen atoms in total. The van der Waals surface area contributed by atoms with Crippen LogP contribution in [0.1, 0.15) is 35.7 Å². The number of hydrogen-bond acceptors (Lipinski definition) is 3. The lowest BCUT2D eigenvalue weighted by Gasteiger charge is -2.33. The van der Waals surface area contributed by atoms with Crippen LogP contribution in [0.3, 0.4) is 0 Å². The van der Waals surface area contributed by atoms with Crippen LogP contribution >= 0.6 is 0 Å². The van der Waals surface area contributed by atoms with E-state index in [2.05, 4.69) is 9.97 Å². The maximum absolute atomic E-state index is 13.2. The van der Waals surface area contributed by atoms with Crippen molar-refractivity contribution in [3.63, 3.8) is 0 Å². The van der Waals surface area contributed by atoms with E-state index >= 15 is 0 Å². The van der Waals surface area contributed by atoms with Gasteiger partial charge in [0, 0.05) is 24.7 Å². The van der Waals surface area contributed by atoms with E-state index in [4.69, 9.17) is 5.26 Å². The van der Waals surface area contributed by atoms with Crippen LogP contribution in [0.2, 0.25) is 0 Å². The fourth-order valence-corrected chi connectivity index (χ4v) is 3.64. The fraction of sp³-hybridized carbons (Fsp3) is 0.300. The van der Waals surface area contributed by atoms with Crippen molar-refractivity contribution < 1.29 is 13.2 Å². The second kappa shape index (κ2) is 6.62. The van der Waals surface area contributed by atoms with Crippen molar-refractivity contribution in [2.45, 2.75) is 24.9 Å². The van der Waals surface area contributed by atoms with Gasteiger partial charge < -0.3 is 9.88 Å². The Balaban J connectivity index is 1.51. The van der Waals surface area contributed by atoms with Crippen molar-refractivity contribution in [1.29, 1.82) is 5.26 Å². The largest absolute Gasteiger partial charge is 0.417 e. The quantitative estimate of drug-likeness (QED) is 0.702. The second-order valence-corrected chi connectivity index (χ2v) is 6.74. The standard InChI is InChI=1S/C20H17F3N4/c21-20(22,23)16-11-15(6-5-14(16)12-24)27-9-7-13(8-10-27)19-25-17-3-1-2-4-18(17)26-19/h1-6,11,13H,7-10H2,(H,25,26). The van der Waals surface area contributed by atoms with Crippen molar-refractivity contribution in [3.05, 3.63) is 59.4 Å². The molecule has 0 saturated carbocycles. The minimum absolute atomic E-state index is 0.258. The van der Waals surface area contributed by atoms with Gasteiger partial charge in [0.05, 0.1) is 28.2 Å². The lowest BCUT2D eigenvalue weighted by Crippen LogP contribution is -2.33. The molecule has 2 heterocycles. The summed E-state index contributed by atoms with van der Waals surface area (Å²) >= 11 is 0. The number of alkyl halides is 3. The van der Waals surface area contributed by atoms with Crippen LogP contribution in [0, 0.1) is 11.3 Å². The first kappa shape index (κ1) is 17.4. The van der Waals surface area contributed by atoms with Gasteiger partial charge in [-0.2, -0.15) is 18.4 Å². The number of para-hydroxylation sites is 2. The predicted molar refractivity (Wildman–Crippen MR) is 96.4 cm³/mol. The molecular weight excluding hydrogens is 353 g/mol. The van der Waals surface area contributed by atoms with Gasteiger partial charge in [-0.05, 0) is 43.2 Å². The zero-order chi connectivity index (χ0) is 19.0. The van der Waals surface area contributed by atoms with Crippen LogP contribution in [0.25, 0.3) is 11.0 Å². The number of aromatic nitrogens is 2. The first-order valence-corrected chi connectivity index (χ1v) is 8.76. The Bertz CT molecular complexity index is 975. The zero-order valence-electron chi connectivity index (χ0n) is 14.4. The van der Waals surface area contributed by atoms with Crippen molar-refractivity contribution in [2.75, 3.05) is 18.0 Å². The van der Waals surface area contributed by atoms with Crippen LogP contribution < -0.4 is 4.90 Å². The fourth-order valence-electron chi connectivity index (χ4n) is 3.64. The van der Waals surface area contributed by atoms with Gasteiger partial charge in [0.1, 0.15) is 5.82 Å². The van der Waals surface area contributed by atoms with Gasteiger partial charge in [0.25, 0.3) is 0 Å². The van der Waals surface area contributed by atoms with Gasteiger partial charge >= 0.3 is 6.18 Å². The molecule has 1 aliphatic heterocycles. The van der Waals surface area contributed by atoms with Gasteiger partial charge in [-0.15, -0.1) is 0 Å². The molecular formula is C20H17F3N4. The molecule has 4 rings (SSSR count). The number of benzene rings is 2. The summed E-state index contributed by atoms with van der Waals surface area (Å²) in [4.78, 5) is 9.93. The highest BCUT2D eigenvalue weighted by molar-refractivity contribution is 5.74. The summed E-state index contributed by atoms with van der Waals surface area (Å²) in [6, 6.07) is 13.4. The normalized spacial score (nSPS) is 15.9. The van der Waals surface area contributed by atoms with Crippen LogP contribution in [-0.4, -0.2) is 23.1 Å². The minimum atomic E-state index is -4.53. The first-order valence-electron chi connectivity index (χ1n) is 8.76. The number of fused-ring (bicyclic) bond motifs is 1. The summed E-state index contributed by atoms with van der Waals surface area (Å²) in [6.45, 7) is 1.29. The van der Waals surface area contributed by atoms with Crippen molar-refractivity contribution in [1.82, 2.24) is 9.97 Å². The van der Waals surface area contributed by atoms with E-state index in [0.717, 1.165) is 35.8 Å². The third-order valence-corrected chi connectivity index (χ3v) is 5.08. The summed E-state index contributed by atoms with van der Waals surface area (Å²) in [5, 5.41) is 8.93. The third-order valence-electron chi connectivity index (χ3n) is 5.08. The van der Waals surface area contributed by atoms with Crippen molar-refractivity contribution in [3.8, 4) is 6.07 Å². The van der Waals surface area contributed by atoms with Gasteiger partial charge in [0.2, 0.25) is 0 Å². The maximum Gasteiger partial charge on any atom is 0.417 e. The van der Waals surface area contributed by atoms with Crippen LogP contribution in [0.5, 0.6) is 0 Å². The van der Waals surface area contributed by atoms with Gasteiger partial charge in [-0.25, -0.2) is 4.98 Å². The molecule has 7 heteroatoms. The van der Waals surface area contributed by atoms with E-state index in [0.29, 0.717) is 18.8 Å². The van der Waals surface area contributed by atoms with Gasteiger partial charge in [-0.3, -0.25) is 0 Å². The van der Waals surface area contributed by atoms with Crippen molar-refractivity contribution in [2.24, 2.45) is 0 Å². The number of anilines is 1. The lowest BCUT2D eigenvalue weighted by molar-refractivity contribution is -0.137. The molecule has 0 bridgehead atoms. The molecule has 0 amide bonds. The minimum Gasteiger partial charge on any atom is -0.371 e. The third kappa shape index (κ3) is 3.35. The van der Waals surface area contributed by atoms with E-state index < -0.39 is 11.7 Å². The van der Waals surface area contributed by atoms with Crippen molar-refractivity contribution >= 4 is 16.7 Å². The average molecular weight is 370 g/mol. The molecule has 1 aromatic heterocycles. The van der Waals surface area contributed by atoms with E-state index in [1.54, 1.807) is 12.1 Å². The molecule has 1 N–H and O–H groups in total. The number of nitrogens with zero attached hydrogens (tertiary/aromatic N) is 3. The summed E-state index contributed by atoms with van der Waals surface area (Å²) in [7, 11) is 0. The smallest absolute Gasteiger partial charge is 0.371 e. The molecule has 3 aromatic rings. The number of nitriles is 1. The molecule has 1 aliphatic rings. The van der Waals surface area contributed by atoms with Gasteiger partial charge in [0.15, 0.2) is 0 Å². The van der Waals surface area contributed by atoms with E-state index in [-0.39, 0.29) is 11.5 Å². The summed E-state index contributed by atoms with van der Waals surface area (Å²) in [5.41, 5.74) is 1.21. The number of hydrogen-bond donors (Lipinski definition) is 1. The molecule has 0 radical (unpaired) electrons. The molecule has 0 unspecified atom stereocenters. The van der Waals surface area contributed by atoms with Gasteiger partial charge in [-0.1, -0.05) is 12.1 Å². The van der Waals surface area contributed by atoms with Crippen LogP contribution in [0.15, 0.2) is 42.5 Å². The Hall–Kier alpha value is -3.01. The topological polar surface area (TPSA) is 55.7 Å². The number of imidazole rings is 1. The monoisotopic (exact) mass is 370 g/mol. The Morgan fingerprint density at radius 3 is 2.52 bits per heavy atom. The highest BCUT2D eigenvalue weighted by Gasteiger charge is 2.34. The zero-order valence-corrected chi connectivity index (χ0v) is 14.4. The molecule has 1 fully saturated rings. The Morgan fingerprint density at radius 1 is 1.11 bits per heavy atom. The number of halogens is 3. The predicted octanol–water partition coefficient (Wildman–Crippen LogP) is 4.84. The molecule has 0 atom stereocenters. The summed E-state index contributed by atoms with van der Waals surface area (Å²) < 4.78 is 39.6. The molecule has 0 spiro atoms. The maximum atomic E-state index is 13.2. The average Bonchev–Trinajstić information content (AvgIpc) is 3.11. The summed E-state index contributed by atoms with van der Waals surface area (Å²) in [5.74, 6) is 1.20. The summed E-state index contributed by atoms with van der Waals surface area (Å²) in [6.07, 6.45) is -2.92. The molecule has 1 saturated heterocycles. The van der Waals surface area contributed by atoms with E-state index in [1.165, 1.54) is 6.07 Å². The Morgan fingerprint density at radius 2 is 1.85 bits per heavy atom.